The third-order valence-corrected chi connectivity index (χ3v) is 6.52. The van der Waals surface area contributed by atoms with Crippen molar-refractivity contribution >= 4 is 23.2 Å². The Hall–Kier alpha value is -2.33. The maximum Gasteiger partial charge on any atom is 0.271 e. The molecular weight excluding hydrogens is 442 g/mol. The van der Waals surface area contributed by atoms with E-state index in [9.17, 15) is 9.59 Å². The quantitative estimate of drug-likeness (QED) is 0.475. The van der Waals surface area contributed by atoms with Crippen LogP contribution in [0.1, 0.15) is 45.4 Å². The molecule has 8 nitrogen and oxygen atoms in total. The summed E-state index contributed by atoms with van der Waals surface area (Å²) in [6.45, 7) is 5.84. The number of likely N-dealkylation sites (tertiary alicyclic amines) is 1. The molecule has 1 fully saturated rings. The molecule has 180 valence electrons. The first-order valence-electron chi connectivity index (χ1n) is 11.3. The van der Waals surface area contributed by atoms with E-state index in [0.717, 1.165) is 23.4 Å². The molecule has 1 aliphatic rings. The van der Waals surface area contributed by atoms with Gasteiger partial charge in [-0.3, -0.25) is 9.59 Å². The Bertz CT molecular complexity index is 896. The summed E-state index contributed by atoms with van der Waals surface area (Å²) in [7, 11) is 1.62. The first kappa shape index (κ1) is 25.3. The summed E-state index contributed by atoms with van der Waals surface area (Å²) in [5.41, 5.74) is 2.70. The molecule has 33 heavy (non-hydrogen) atoms. The summed E-state index contributed by atoms with van der Waals surface area (Å²) in [5.74, 6) is 0.114. The maximum atomic E-state index is 12.5. The van der Waals surface area contributed by atoms with E-state index >= 15 is 0 Å². The van der Waals surface area contributed by atoms with Crippen molar-refractivity contribution in [1.82, 2.24) is 15.2 Å². The molecule has 0 bridgehead atoms. The number of carbonyl (C=O) groups excluding carboxylic acids is 2. The molecule has 0 radical (unpaired) electrons. The molecule has 1 aromatic carbocycles. The van der Waals surface area contributed by atoms with Gasteiger partial charge < -0.3 is 24.4 Å². The molecular formula is C24H33N3O5S. The average molecular weight is 476 g/mol. The Morgan fingerprint density at radius 1 is 1.15 bits per heavy atom. The lowest BCUT2D eigenvalue weighted by molar-refractivity contribution is -0.137. The highest BCUT2D eigenvalue weighted by Gasteiger charge is 2.26. The van der Waals surface area contributed by atoms with Gasteiger partial charge in [0.15, 0.2) is 0 Å². The fourth-order valence-electron chi connectivity index (χ4n) is 3.66. The number of hydrogen-bond acceptors (Lipinski definition) is 7. The van der Waals surface area contributed by atoms with E-state index in [-0.39, 0.29) is 24.3 Å². The highest BCUT2D eigenvalue weighted by molar-refractivity contribution is 7.09. The van der Waals surface area contributed by atoms with Crippen LogP contribution in [0.15, 0.2) is 29.6 Å². The van der Waals surface area contributed by atoms with Gasteiger partial charge in [0.1, 0.15) is 12.3 Å². The number of amides is 2. The molecule has 1 saturated heterocycles. The zero-order chi connectivity index (χ0) is 23.5. The van der Waals surface area contributed by atoms with Crippen LogP contribution in [0.4, 0.5) is 0 Å². The third kappa shape index (κ3) is 8.19. The molecule has 1 aromatic heterocycles. The number of rotatable bonds is 12. The number of ether oxygens (including phenoxy) is 3. The van der Waals surface area contributed by atoms with Crippen LogP contribution in [-0.2, 0) is 25.5 Å². The second kappa shape index (κ2) is 13.4. The van der Waals surface area contributed by atoms with E-state index in [1.54, 1.807) is 7.11 Å². The van der Waals surface area contributed by atoms with Crippen molar-refractivity contribution in [1.29, 1.82) is 0 Å². The smallest absolute Gasteiger partial charge is 0.271 e. The van der Waals surface area contributed by atoms with Crippen LogP contribution >= 0.6 is 11.3 Å². The molecule has 2 heterocycles. The van der Waals surface area contributed by atoms with Crippen molar-refractivity contribution in [3.8, 4) is 0 Å². The van der Waals surface area contributed by atoms with Crippen molar-refractivity contribution in [2.24, 2.45) is 0 Å². The second-order valence-electron chi connectivity index (χ2n) is 8.06. The SMILES string of the molecule is COCCOCCOCC(=O)N1CCC(c2nc(C(=O)NCc3cccc(C)c3)cs2)CC1. The lowest BCUT2D eigenvalue weighted by Gasteiger charge is -2.31. The molecule has 1 N–H and O–H groups in total. The topological polar surface area (TPSA) is 90.0 Å². The van der Waals surface area contributed by atoms with Gasteiger partial charge in [-0.25, -0.2) is 4.98 Å². The minimum absolute atomic E-state index is 0.000644. The molecule has 1 aliphatic heterocycles. The maximum absolute atomic E-state index is 12.5. The van der Waals surface area contributed by atoms with E-state index in [1.165, 1.54) is 16.9 Å². The Morgan fingerprint density at radius 3 is 2.67 bits per heavy atom. The molecule has 0 atom stereocenters. The van der Waals surface area contributed by atoms with Gasteiger partial charge in [0.25, 0.3) is 5.91 Å². The predicted molar refractivity (Wildman–Crippen MR) is 127 cm³/mol. The normalized spacial score (nSPS) is 14.4. The molecule has 2 amide bonds. The zero-order valence-electron chi connectivity index (χ0n) is 19.4. The van der Waals surface area contributed by atoms with Gasteiger partial charge in [-0.2, -0.15) is 0 Å². The van der Waals surface area contributed by atoms with E-state index < -0.39 is 0 Å². The summed E-state index contributed by atoms with van der Waals surface area (Å²) in [6.07, 6.45) is 1.67. The second-order valence-corrected chi connectivity index (χ2v) is 8.95. The first-order valence-corrected chi connectivity index (χ1v) is 12.2. The van der Waals surface area contributed by atoms with Gasteiger partial charge in [-0.1, -0.05) is 29.8 Å². The predicted octanol–water partition coefficient (Wildman–Crippen LogP) is 2.77. The lowest BCUT2D eigenvalue weighted by atomic mass is 9.97. The minimum atomic E-state index is -0.157. The minimum Gasteiger partial charge on any atom is -0.382 e. The third-order valence-electron chi connectivity index (χ3n) is 5.52. The van der Waals surface area contributed by atoms with E-state index in [1.807, 2.05) is 35.4 Å². The molecule has 0 spiro atoms. The van der Waals surface area contributed by atoms with Crippen LogP contribution in [0.5, 0.6) is 0 Å². The number of aryl methyl sites for hydroxylation is 1. The number of thiazole rings is 1. The first-order chi connectivity index (χ1) is 16.1. The summed E-state index contributed by atoms with van der Waals surface area (Å²) in [6, 6.07) is 8.07. The number of nitrogens with one attached hydrogen (secondary N) is 1. The molecule has 0 unspecified atom stereocenters. The molecule has 9 heteroatoms. The van der Waals surface area contributed by atoms with Crippen LogP contribution < -0.4 is 5.32 Å². The summed E-state index contributed by atoms with van der Waals surface area (Å²) in [5, 5.41) is 5.73. The van der Waals surface area contributed by atoms with Gasteiger partial charge in [-0.05, 0) is 25.3 Å². The number of benzene rings is 1. The highest BCUT2D eigenvalue weighted by Crippen LogP contribution is 2.30. The Kier molecular flexibility index (Phi) is 10.3. The van der Waals surface area contributed by atoms with Gasteiger partial charge in [0.05, 0.1) is 31.4 Å². The van der Waals surface area contributed by atoms with Crippen LogP contribution in [0, 0.1) is 6.92 Å². The average Bonchev–Trinajstić information content (AvgIpc) is 3.32. The number of methoxy groups -OCH3 is 1. The largest absolute Gasteiger partial charge is 0.382 e. The van der Waals surface area contributed by atoms with Crippen LogP contribution in [-0.4, -0.2) is 74.9 Å². The summed E-state index contributed by atoms with van der Waals surface area (Å²) >= 11 is 1.52. The van der Waals surface area contributed by atoms with Crippen LogP contribution in [0.25, 0.3) is 0 Å². The van der Waals surface area contributed by atoms with Crippen LogP contribution in [0.3, 0.4) is 0 Å². The molecule has 0 aliphatic carbocycles. The van der Waals surface area contributed by atoms with Gasteiger partial charge in [-0.15, -0.1) is 11.3 Å². The van der Waals surface area contributed by atoms with E-state index in [2.05, 4.69) is 16.4 Å². The van der Waals surface area contributed by atoms with Crippen molar-refractivity contribution in [3.63, 3.8) is 0 Å². The Labute approximate surface area is 199 Å². The van der Waals surface area contributed by atoms with E-state index in [4.69, 9.17) is 14.2 Å². The van der Waals surface area contributed by atoms with Crippen molar-refractivity contribution < 1.29 is 23.8 Å². The fraction of sp³-hybridized carbons (Fsp3) is 0.542. The Morgan fingerprint density at radius 2 is 1.91 bits per heavy atom. The fourth-order valence-corrected chi connectivity index (χ4v) is 4.63. The van der Waals surface area contributed by atoms with E-state index in [0.29, 0.717) is 51.8 Å². The molecule has 3 rings (SSSR count). The standard InChI is InChI=1S/C24H33N3O5S/c1-18-4-3-5-19(14-18)15-25-23(29)21-17-33-24(26-21)20-6-8-27(9-7-20)22(28)16-32-13-12-31-11-10-30-2/h3-5,14,17,20H,6-13,15-16H2,1-2H3,(H,25,29). The van der Waals surface area contributed by atoms with Gasteiger partial charge in [0, 0.05) is 38.0 Å². The number of hydrogen-bond donors (Lipinski definition) is 1. The number of carbonyl (C=O) groups is 2. The monoisotopic (exact) mass is 475 g/mol. The number of aromatic nitrogens is 1. The lowest BCUT2D eigenvalue weighted by Crippen LogP contribution is -2.40. The van der Waals surface area contributed by atoms with Gasteiger partial charge >= 0.3 is 0 Å². The number of piperidine rings is 1. The molecule has 0 saturated carbocycles. The van der Waals surface area contributed by atoms with Crippen LogP contribution in [0.2, 0.25) is 0 Å². The summed E-state index contributed by atoms with van der Waals surface area (Å²) in [4.78, 5) is 31.3. The zero-order valence-corrected chi connectivity index (χ0v) is 20.2. The van der Waals surface area contributed by atoms with Gasteiger partial charge in [0.2, 0.25) is 5.91 Å². The highest BCUT2D eigenvalue weighted by atomic mass is 32.1. The number of nitrogens with zero attached hydrogens (tertiary/aromatic N) is 2. The van der Waals surface area contributed by atoms with Crippen molar-refractivity contribution in [2.75, 3.05) is 53.2 Å². The summed E-state index contributed by atoms with van der Waals surface area (Å²) < 4.78 is 15.6. The Balaban J connectivity index is 1.37. The van der Waals surface area contributed by atoms with Crippen molar-refractivity contribution in [2.45, 2.75) is 32.2 Å². The molecule has 2 aromatic rings. The van der Waals surface area contributed by atoms with Crippen molar-refractivity contribution in [3.05, 3.63) is 51.5 Å².